The molecule has 1 aliphatic heterocycles. The molecule has 0 spiro atoms. The molecule has 32 heavy (non-hydrogen) atoms. The van der Waals surface area contributed by atoms with Crippen LogP contribution in [0.3, 0.4) is 0 Å². The van der Waals surface area contributed by atoms with Gasteiger partial charge >= 0.3 is 0 Å². The van der Waals surface area contributed by atoms with E-state index in [1.54, 1.807) is 12.1 Å². The number of nitrogens with zero attached hydrogens (tertiary/aromatic N) is 1. The highest BCUT2D eigenvalue weighted by Gasteiger charge is 2.24. The van der Waals surface area contributed by atoms with Crippen molar-refractivity contribution in [2.45, 2.75) is 23.9 Å². The molecule has 3 aromatic rings. The maximum atomic E-state index is 13.0. The van der Waals surface area contributed by atoms with Gasteiger partial charge in [-0.2, -0.15) is 0 Å². The highest BCUT2D eigenvalue weighted by atomic mass is 32.2. The number of likely N-dealkylation sites (tertiary alicyclic amines) is 1. The van der Waals surface area contributed by atoms with Crippen LogP contribution < -0.4 is 10.0 Å². The number of halogens is 1. The Balaban J connectivity index is 1.32. The van der Waals surface area contributed by atoms with E-state index < -0.39 is 15.8 Å². The molecule has 1 fully saturated rings. The summed E-state index contributed by atoms with van der Waals surface area (Å²) < 4.78 is 40.3. The first kappa shape index (κ1) is 22.0. The number of hydrogen-bond donors (Lipinski definition) is 2. The zero-order chi connectivity index (χ0) is 22.6. The van der Waals surface area contributed by atoms with Crippen molar-refractivity contribution in [3.05, 3.63) is 95.8 Å². The third kappa shape index (κ3) is 5.52. The molecule has 166 valence electrons. The summed E-state index contributed by atoms with van der Waals surface area (Å²) in [6.07, 6.45) is 0.883. The van der Waals surface area contributed by atoms with Gasteiger partial charge in [-0.15, -0.1) is 0 Å². The second kappa shape index (κ2) is 9.50. The molecular weight excluding hydrogens is 429 g/mol. The van der Waals surface area contributed by atoms with Crippen molar-refractivity contribution in [2.24, 2.45) is 0 Å². The second-order valence-corrected chi connectivity index (χ2v) is 9.50. The van der Waals surface area contributed by atoms with Gasteiger partial charge in [0, 0.05) is 36.9 Å². The van der Waals surface area contributed by atoms with Crippen molar-refractivity contribution in [3.8, 4) is 0 Å². The van der Waals surface area contributed by atoms with Crippen LogP contribution in [-0.4, -0.2) is 38.4 Å². The predicted octanol–water partition coefficient (Wildman–Crippen LogP) is 3.63. The van der Waals surface area contributed by atoms with Crippen molar-refractivity contribution in [1.82, 2.24) is 10.2 Å². The molecule has 0 bridgehead atoms. The Morgan fingerprint density at radius 1 is 0.969 bits per heavy atom. The van der Waals surface area contributed by atoms with E-state index in [1.165, 1.54) is 29.8 Å². The fraction of sp³-hybridized carbons (Fsp3) is 0.208. The highest BCUT2D eigenvalue weighted by Crippen LogP contribution is 2.18. The summed E-state index contributed by atoms with van der Waals surface area (Å²) in [4.78, 5) is 14.9. The van der Waals surface area contributed by atoms with Crippen molar-refractivity contribution in [2.75, 3.05) is 17.8 Å². The van der Waals surface area contributed by atoms with Gasteiger partial charge in [-0.25, -0.2) is 12.8 Å². The number of carbonyl (C=O) groups excluding carboxylic acids is 1. The minimum atomic E-state index is -3.84. The van der Waals surface area contributed by atoms with Gasteiger partial charge in [-0.3, -0.25) is 14.4 Å². The van der Waals surface area contributed by atoms with Crippen LogP contribution in [0.2, 0.25) is 0 Å². The topological polar surface area (TPSA) is 78.5 Å². The molecule has 1 saturated heterocycles. The van der Waals surface area contributed by atoms with Crippen LogP contribution in [0.15, 0.2) is 83.8 Å². The molecule has 4 rings (SSSR count). The van der Waals surface area contributed by atoms with E-state index in [1.807, 2.05) is 18.2 Å². The molecule has 3 aromatic carbocycles. The Labute approximate surface area is 187 Å². The number of amides is 1. The van der Waals surface area contributed by atoms with Crippen LogP contribution in [-0.2, 0) is 16.6 Å². The van der Waals surface area contributed by atoms with E-state index in [9.17, 15) is 17.6 Å². The monoisotopic (exact) mass is 453 g/mol. The fourth-order valence-electron chi connectivity index (χ4n) is 3.72. The number of hydrogen-bond acceptors (Lipinski definition) is 4. The summed E-state index contributed by atoms with van der Waals surface area (Å²) in [5.41, 5.74) is 2.02. The van der Waals surface area contributed by atoms with Gasteiger partial charge in [0.2, 0.25) is 0 Å². The van der Waals surface area contributed by atoms with Gasteiger partial charge in [-0.05, 0) is 60.5 Å². The Morgan fingerprint density at radius 2 is 1.66 bits per heavy atom. The molecule has 0 saturated carbocycles. The number of benzene rings is 3. The number of anilines is 1. The molecule has 0 aromatic heterocycles. The Hall–Kier alpha value is -3.23. The van der Waals surface area contributed by atoms with Crippen LogP contribution >= 0.6 is 0 Å². The lowest BCUT2D eigenvalue weighted by Gasteiger charge is -2.17. The largest absolute Gasteiger partial charge is 0.348 e. The van der Waals surface area contributed by atoms with Gasteiger partial charge in [-0.1, -0.05) is 30.3 Å². The number of carbonyl (C=O) groups is 1. The maximum Gasteiger partial charge on any atom is 0.261 e. The lowest BCUT2D eigenvalue weighted by atomic mass is 10.1. The second-order valence-electron chi connectivity index (χ2n) is 7.82. The van der Waals surface area contributed by atoms with Crippen molar-refractivity contribution >= 4 is 21.6 Å². The molecule has 1 atom stereocenters. The van der Waals surface area contributed by atoms with E-state index in [0.29, 0.717) is 11.3 Å². The SMILES string of the molecule is O=C(NC1CCN(Cc2ccccc2)C1)c1ccc(NS(=O)(=O)c2ccc(F)cc2)cc1. The van der Waals surface area contributed by atoms with Crippen LogP contribution in [0.25, 0.3) is 0 Å². The molecular formula is C24H24FN3O3S. The zero-order valence-electron chi connectivity index (χ0n) is 17.4. The standard InChI is InChI=1S/C24H24FN3O3S/c25-20-8-12-23(13-9-20)32(30,31)27-21-10-6-19(7-11-21)24(29)26-22-14-15-28(17-22)16-18-4-2-1-3-5-18/h1-13,22,27H,14-17H2,(H,26,29). The smallest absolute Gasteiger partial charge is 0.261 e. The minimum Gasteiger partial charge on any atom is -0.348 e. The zero-order valence-corrected chi connectivity index (χ0v) is 18.2. The Bertz CT molecular complexity index is 1170. The molecule has 0 radical (unpaired) electrons. The lowest BCUT2D eigenvalue weighted by molar-refractivity contribution is 0.0937. The lowest BCUT2D eigenvalue weighted by Crippen LogP contribution is -2.36. The van der Waals surface area contributed by atoms with Crippen molar-refractivity contribution in [1.29, 1.82) is 0 Å². The molecule has 8 heteroatoms. The summed E-state index contributed by atoms with van der Waals surface area (Å²) in [5.74, 6) is -0.700. The molecule has 1 amide bonds. The average molecular weight is 454 g/mol. The molecule has 1 aliphatic rings. The van der Waals surface area contributed by atoms with Crippen molar-refractivity contribution < 1.29 is 17.6 Å². The van der Waals surface area contributed by atoms with Crippen LogP contribution in [0.5, 0.6) is 0 Å². The van der Waals surface area contributed by atoms with E-state index in [2.05, 4.69) is 27.1 Å². The predicted molar refractivity (Wildman–Crippen MR) is 121 cm³/mol. The first-order chi connectivity index (χ1) is 15.4. The molecule has 0 aliphatic carbocycles. The van der Waals surface area contributed by atoms with Crippen molar-refractivity contribution in [3.63, 3.8) is 0 Å². The first-order valence-electron chi connectivity index (χ1n) is 10.3. The normalized spacial score (nSPS) is 16.6. The fourth-order valence-corrected chi connectivity index (χ4v) is 4.78. The summed E-state index contributed by atoms with van der Waals surface area (Å²) in [6, 6.07) is 21.1. The summed E-state index contributed by atoms with van der Waals surface area (Å²) >= 11 is 0. The quantitative estimate of drug-likeness (QED) is 0.573. The molecule has 2 N–H and O–H groups in total. The number of rotatable bonds is 7. The van der Waals surface area contributed by atoms with Gasteiger partial charge in [0.05, 0.1) is 4.90 Å². The van der Waals surface area contributed by atoms with Gasteiger partial charge in [0.25, 0.3) is 15.9 Å². The Morgan fingerprint density at radius 3 is 2.34 bits per heavy atom. The first-order valence-corrected chi connectivity index (χ1v) is 11.8. The molecule has 1 heterocycles. The van der Waals surface area contributed by atoms with Gasteiger partial charge < -0.3 is 5.32 Å². The van der Waals surface area contributed by atoms with Crippen LogP contribution in [0, 0.1) is 5.82 Å². The summed E-state index contributed by atoms with van der Waals surface area (Å²) in [7, 11) is -3.84. The molecule has 6 nitrogen and oxygen atoms in total. The minimum absolute atomic E-state index is 0.0398. The molecule has 1 unspecified atom stereocenters. The van der Waals surface area contributed by atoms with E-state index in [-0.39, 0.29) is 16.8 Å². The van der Waals surface area contributed by atoms with E-state index in [0.717, 1.165) is 38.2 Å². The maximum absolute atomic E-state index is 13.0. The van der Waals surface area contributed by atoms with Crippen LogP contribution in [0.4, 0.5) is 10.1 Å². The van der Waals surface area contributed by atoms with Gasteiger partial charge in [0.1, 0.15) is 5.82 Å². The third-order valence-corrected chi connectivity index (χ3v) is 6.78. The van der Waals surface area contributed by atoms with Gasteiger partial charge in [0.15, 0.2) is 0 Å². The average Bonchev–Trinajstić information content (AvgIpc) is 3.21. The number of sulfonamides is 1. The van der Waals surface area contributed by atoms with Crippen LogP contribution in [0.1, 0.15) is 22.3 Å². The highest BCUT2D eigenvalue weighted by molar-refractivity contribution is 7.92. The van der Waals surface area contributed by atoms with E-state index >= 15 is 0 Å². The number of nitrogens with one attached hydrogen (secondary N) is 2. The third-order valence-electron chi connectivity index (χ3n) is 5.38. The van der Waals surface area contributed by atoms with E-state index in [4.69, 9.17) is 0 Å². The summed E-state index contributed by atoms with van der Waals surface area (Å²) in [5, 5.41) is 3.05. The summed E-state index contributed by atoms with van der Waals surface area (Å²) in [6.45, 7) is 2.57. The Kier molecular flexibility index (Phi) is 6.53.